The van der Waals surface area contributed by atoms with Crippen LogP contribution in [0.1, 0.15) is 0 Å². The van der Waals surface area contributed by atoms with Gasteiger partial charge >= 0.3 is 7.48 Å². The van der Waals surface area contributed by atoms with Gasteiger partial charge in [0.2, 0.25) is 5.95 Å². The van der Waals surface area contributed by atoms with E-state index in [0.717, 1.165) is 7.48 Å². The van der Waals surface area contributed by atoms with Gasteiger partial charge in [-0.15, -0.1) is 0 Å². The van der Waals surface area contributed by atoms with E-state index in [0.29, 0.717) is 5.46 Å². The molecule has 0 fully saturated rings. The van der Waals surface area contributed by atoms with E-state index in [-0.39, 0.29) is 0 Å². The molecule has 1 radical (unpaired) electrons. The van der Waals surface area contributed by atoms with E-state index in [2.05, 4.69) is 9.79 Å². The number of rotatable bonds is 2. The molecule has 0 unspecified atom stereocenters. The molecule has 0 spiro atoms. The number of pyridine rings is 1. The van der Waals surface area contributed by atoms with Crippen LogP contribution in [0.2, 0.25) is 0 Å². The summed E-state index contributed by atoms with van der Waals surface area (Å²) in [6.07, 6.45) is 1.24. The fraction of sp³-hybridized carbons (Fsp3) is 0. The van der Waals surface area contributed by atoms with Crippen LogP contribution in [0, 0.1) is 5.95 Å². The minimum Gasteiger partial charge on any atom is -0.307 e. The molecule has 10 heavy (non-hydrogen) atoms. The molecule has 1 N–H and O–H groups in total. The zero-order chi connectivity index (χ0) is 7.40. The number of halogens is 1. The summed E-state index contributed by atoms with van der Waals surface area (Å²) in [5, 5.41) is 7.91. The summed E-state index contributed by atoms with van der Waals surface area (Å²) in [5.41, 5.74) is 0.504. The molecule has 0 bridgehead atoms. The Morgan fingerprint density at radius 2 is 2.40 bits per heavy atom. The third kappa shape index (κ3) is 1.79. The minimum absolute atomic E-state index is 0.504. The number of hydrogen-bond acceptors (Lipinski definition) is 3. The number of aromatic nitrogens is 1. The quantitative estimate of drug-likeness (QED) is 0.271. The summed E-state index contributed by atoms with van der Waals surface area (Å²) in [4.78, 5) is 6.99. The Bertz CT molecular complexity index is 203. The third-order valence-corrected chi connectivity index (χ3v) is 0.939. The van der Waals surface area contributed by atoms with Gasteiger partial charge < -0.3 is 4.81 Å². The van der Waals surface area contributed by atoms with Crippen molar-refractivity contribution in [3.63, 3.8) is 0 Å². The standard InChI is InChI=1S/C5H4BFNO2/c7-5-2-1-4(3-8-5)6-10-9/h1-3,9H. The summed E-state index contributed by atoms with van der Waals surface area (Å²) in [5.74, 6) is -0.560. The molecule has 0 atom stereocenters. The van der Waals surface area contributed by atoms with Gasteiger partial charge in [0.25, 0.3) is 0 Å². The molecule has 0 aliphatic carbocycles. The van der Waals surface area contributed by atoms with Gasteiger partial charge in [0.1, 0.15) is 0 Å². The monoisotopic (exact) mass is 140 g/mol. The first-order valence-corrected chi connectivity index (χ1v) is 2.58. The van der Waals surface area contributed by atoms with Gasteiger partial charge in [-0.25, -0.2) is 4.98 Å². The van der Waals surface area contributed by atoms with Gasteiger partial charge in [0.05, 0.1) is 0 Å². The SMILES string of the molecule is OO[B]c1ccc(F)nc1. The maximum Gasteiger partial charge on any atom is 0.382 e. The van der Waals surface area contributed by atoms with Gasteiger partial charge in [-0.2, -0.15) is 4.39 Å². The Hall–Kier alpha value is -0.935. The van der Waals surface area contributed by atoms with E-state index in [1.54, 1.807) is 0 Å². The normalized spacial score (nSPS) is 9.40. The topological polar surface area (TPSA) is 42.4 Å². The zero-order valence-corrected chi connectivity index (χ0v) is 4.99. The Labute approximate surface area is 57.7 Å². The molecule has 0 aromatic carbocycles. The molecule has 0 aliphatic heterocycles. The van der Waals surface area contributed by atoms with Gasteiger partial charge in [0.15, 0.2) is 0 Å². The van der Waals surface area contributed by atoms with Crippen LogP contribution >= 0.6 is 0 Å². The lowest BCUT2D eigenvalue weighted by atomic mass is 9.91. The van der Waals surface area contributed by atoms with Crippen LogP contribution in [0.15, 0.2) is 18.3 Å². The highest BCUT2D eigenvalue weighted by molar-refractivity contribution is 6.46. The average Bonchev–Trinajstić information content (AvgIpc) is 1.95. The zero-order valence-electron chi connectivity index (χ0n) is 4.99. The van der Waals surface area contributed by atoms with E-state index in [4.69, 9.17) is 5.26 Å². The van der Waals surface area contributed by atoms with Crippen molar-refractivity contribution in [1.82, 2.24) is 4.98 Å². The summed E-state index contributed by atoms with van der Waals surface area (Å²) >= 11 is 0. The van der Waals surface area contributed by atoms with Crippen molar-refractivity contribution < 1.29 is 14.5 Å². The average molecular weight is 140 g/mol. The maximum absolute atomic E-state index is 12.1. The molecule has 3 nitrogen and oxygen atoms in total. The largest absolute Gasteiger partial charge is 0.382 e. The van der Waals surface area contributed by atoms with Crippen molar-refractivity contribution in [3.8, 4) is 0 Å². The van der Waals surface area contributed by atoms with E-state index >= 15 is 0 Å². The Morgan fingerprint density at radius 3 is 2.90 bits per heavy atom. The predicted octanol–water partition coefficient (Wildman–Crippen LogP) is -0.0452. The first-order valence-electron chi connectivity index (χ1n) is 2.58. The Balaban J connectivity index is 2.69. The lowest BCUT2D eigenvalue weighted by molar-refractivity contribution is -0.135. The fourth-order valence-electron chi connectivity index (χ4n) is 0.518. The lowest BCUT2D eigenvalue weighted by Crippen LogP contribution is -2.16. The molecule has 1 rings (SSSR count). The summed E-state index contributed by atoms with van der Waals surface area (Å²) < 4.78 is 12.1. The molecule has 0 amide bonds. The third-order valence-electron chi connectivity index (χ3n) is 0.939. The maximum atomic E-state index is 12.1. The van der Waals surface area contributed by atoms with Crippen molar-refractivity contribution >= 4 is 12.9 Å². The molecule has 5 heteroatoms. The molecule has 51 valence electrons. The highest BCUT2D eigenvalue weighted by atomic mass is 19.1. The predicted molar refractivity (Wildman–Crippen MR) is 33.3 cm³/mol. The van der Waals surface area contributed by atoms with Crippen LogP contribution in [0.3, 0.4) is 0 Å². The fourth-order valence-corrected chi connectivity index (χ4v) is 0.518. The van der Waals surface area contributed by atoms with Crippen LogP contribution < -0.4 is 5.46 Å². The van der Waals surface area contributed by atoms with Crippen LogP contribution in [0.5, 0.6) is 0 Å². The number of nitrogens with zero attached hydrogens (tertiary/aromatic N) is 1. The van der Waals surface area contributed by atoms with Gasteiger partial charge in [0, 0.05) is 6.20 Å². The molecular weight excluding hydrogens is 136 g/mol. The smallest absolute Gasteiger partial charge is 0.307 e. The van der Waals surface area contributed by atoms with Gasteiger partial charge in [-0.05, 0) is 11.5 Å². The molecule has 0 saturated carbocycles. The van der Waals surface area contributed by atoms with Gasteiger partial charge in [-0.1, -0.05) is 6.07 Å². The highest BCUT2D eigenvalue weighted by Crippen LogP contribution is 1.85. The summed E-state index contributed by atoms with van der Waals surface area (Å²) in [6, 6.07) is 2.60. The Morgan fingerprint density at radius 1 is 1.60 bits per heavy atom. The summed E-state index contributed by atoms with van der Waals surface area (Å²) in [6.45, 7) is 0. The molecule has 1 aromatic heterocycles. The van der Waals surface area contributed by atoms with Gasteiger partial charge in [-0.3, -0.25) is 5.26 Å². The second-order valence-corrected chi connectivity index (χ2v) is 1.64. The summed E-state index contributed by atoms with van der Waals surface area (Å²) in [7, 11) is 1.05. The number of hydrogen-bond donors (Lipinski definition) is 1. The van der Waals surface area contributed by atoms with E-state index in [1.807, 2.05) is 0 Å². The van der Waals surface area contributed by atoms with Crippen LogP contribution in [-0.2, 0) is 4.81 Å². The molecule has 0 saturated heterocycles. The second kappa shape index (κ2) is 3.29. The van der Waals surface area contributed by atoms with Crippen molar-refractivity contribution in [1.29, 1.82) is 0 Å². The van der Waals surface area contributed by atoms with Crippen molar-refractivity contribution in [2.45, 2.75) is 0 Å². The van der Waals surface area contributed by atoms with Crippen molar-refractivity contribution in [3.05, 3.63) is 24.3 Å². The highest BCUT2D eigenvalue weighted by Gasteiger charge is 1.96. The van der Waals surface area contributed by atoms with Crippen molar-refractivity contribution in [2.75, 3.05) is 0 Å². The van der Waals surface area contributed by atoms with Crippen LogP contribution in [-0.4, -0.2) is 17.7 Å². The van der Waals surface area contributed by atoms with E-state index in [9.17, 15) is 4.39 Å². The van der Waals surface area contributed by atoms with Crippen LogP contribution in [0.4, 0.5) is 4.39 Å². The van der Waals surface area contributed by atoms with E-state index in [1.165, 1.54) is 18.3 Å². The molecule has 0 aliphatic rings. The lowest BCUT2D eigenvalue weighted by Gasteiger charge is -1.92. The van der Waals surface area contributed by atoms with Crippen molar-refractivity contribution in [2.24, 2.45) is 0 Å². The first-order chi connectivity index (χ1) is 4.83. The van der Waals surface area contributed by atoms with Crippen LogP contribution in [0.25, 0.3) is 0 Å². The second-order valence-electron chi connectivity index (χ2n) is 1.64. The molecule has 1 heterocycles. The molecular formula is C5H4BFNO2. The molecule has 1 aromatic rings. The minimum atomic E-state index is -0.560. The van der Waals surface area contributed by atoms with E-state index < -0.39 is 5.95 Å². The Kier molecular flexibility index (Phi) is 2.36. The first kappa shape index (κ1) is 7.18.